The van der Waals surface area contributed by atoms with Crippen molar-refractivity contribution in [3.63, 3.8) is 0 Å². The molecule has 2 atom stereocenters. The van der Waals surface area contributed by atoms with Crippen molar-refractivity contribution in [2.45, 2.75) is 25.7 Å². The van der Waals surface area contributed by atoms with Gasteiger partial charge < -0.3 is 15.3 Å². The van der Waals surface area contributed by atoms with Crippen LogP contribution in [0.4, 0.5) is 0 Å². The molecule has 3 nitrogen and oxygen atoms in total. The number of piperidine rings is 1. The first-order valence-electron chi connectivity index (χ1n) is 6.42. The van der Waals surface area contributed by atoms with E-state index in [1.807, 2.05) is 0 Å². The zero-order valence-electron chi connectivity index (χ0n) is 9.62. The molecule has 2 unspecified atom stereocenters. The predicted molar refractivity (Wildman–Crippen MR) is 61.8 cm³/mol. The van der Waals surface area contributed by atoms with E-state index in [0.717, 1.165) is 12.5 Å². The molecule has 0 aromatic rings. The smallest absolute Gasteiger partial charge is 0.0471 e. The molecule has 3 heteroatoms. The molecule has 0 radical (unpaired) electrons. The van der Waals surface area contributed by atoms with Gasteiger partial charge in [0, 0.05) is 13.2 Å². The van der Waals surface area contributed by atoms with E-state index in [1.54, 1.807) is 0 Å². The Labute approximate surface area is 92.8 Å². The molecular weight excluding hydrogens is 188 g/mol. The highest BCUT2D eigenvalue weighted by Crippen LogP contribution is 2.18. The molecule has 0 saturated carbocycles. The second-order valence-electron chi connectivity index (χ2n) is 5.14. The first-order valence-corrected chi connectivity index (χ1v) is 6.42. The Morgan fingerprint density at radius 1 is 1.27 bits per heavy atom. The van der Waals surface area contributed by atoms with Crippen molar-refractivity contribution in [2.24, 2.45) is 11.8 Å². The van der Waals surface area contributed by atoms with Crippen molar-refractivity contribution >= 4 is 0 Å². The summed E-state index contributed by atoms with van der Waals surface area (Å²) in [5.74, 6) is 1.44. The summed E-state index contributed by atoms with van der Waals surface area (Å²) in [6, 6.07) is 0. The lowest BCUT2D eigenvalue weighted by molar-refractivity contribution is 0.116. The fourth-order valence-electron chi connectivity index (χ4n) is 2.83. The first kappa shape index (κ1) is 11.4. The Hall–Kier alpha value is -0.120. The van der Waals surface area contributed by atoms with E-state index in [4.69, 9.17) is 5.11 Å². The third-order valence-corrected chi connectivity index (χ3v) is 3.88. The van der Waals surface area contributed by atoms with Gasteiger partial charge in [0.05, 0.1) is 0 Å². The predicted octanol–water partition coefficient (Wildman–Crippen LogP) is 0.690. The van der Waals surface area contributed by atoms with Gasteiger partial charge in [-0.1, -0.05) is 0 Å². The topological polar surface area (TPSA) is 35.5 Å². The van der Waals surface area contributed by atoms with Gasteiger partial charge in [-0.05, 0) is 63.7 Å². The Morgan fingerprint density at radius 2 is 2.20 bits per heavy atom. The summed E-state index contributed by atoms with van der Waals surface area (Å²) in [5, 5.41) is 12.6. The largest absolute Gasteiger partial charge is 0.396 e. The summed E-state index contributed by atoms with van der Waals surface area (Å²) in [7, 11) is 0. The number of nitrogens with zero attached hydrogens (tertiary/aromatic N) is 1. The summed E-state index contributed by atoms with van der Waals surface area (Å²) in [5.41, 5.74) is 0. The molecule has 2 heterocycles. The Morgan fingerprint density at radius 3 is 2.93 bits per heavy atom. The minimum Gasteiger partial charge on any atom is -0.396 e. The van der Waals surface area contributed by atoms with Crippen LogP contribution in [0.15, 0.2) is 0 Å². The molecule has 0 amide bonds. The highest BCUT2D eigenvalue weighted by atomic mass is 16.3. The Bertz CT molecular complexity index is 180. The summed E-state index contributed by atoms with van der Waals surface area (Å²) in [4.78, 5) is 2.54. The molecule has 15 heavy (non-hydrogen) atoms. The number of aliphatic hydroxyl groups is 1. The standard InChI is InChI=1S/C12H24N2O/c15-10-12-2-1-6-14(9-12)7-4-11-3-5-13-8-11/h11-13,15H,1-10H2. The zero-order valence-corrected chi connectivity index (χ0v) is 9.62. The Kier molecular flexibility index (Phi) is 4.42. The van der Waals surface area contributed by atoms with Crippen molar-refractivity contribution in [1.29, 1.82) is 0 Å². The van der Waals surface area contributed by atoms with E-state index in [0.29, 0.717) is 12.5 Å². The summed E-state index contributed by atoms with van der Waals surface area (Å²) >= 11 is 0. The van der Waals surface area contributed by atoms with E-state index >= 15 is 0 Å². The van der Waals surface area contributed by atoms with Crippen LogP contribution in [0.2, 0.25) is 0 Å². The number of nitrogens with one attached hydrogen (secondary N) is 1. The molecule has 0 bridgehead atoms. The molecule has 2 aliphatic rings. The summed E-state index contributed by atoms with van der Waals surface area (Å²) in [6.07, 6.45) is 5.19. The zero-order chi connectivity index (χ0) is 10.5. The quantitative estimate of drug-likeness (QED) is 0.720. The minimum atomic E-state index is 0.376. The fraction of sp³-hybridized carbons (Fsp3) is 1.00. The fourth-order valence-corrected chi connectivity index (χ4v) is 2.83. The van der Waals surface area contributed by atoms with E-state index in [2.05, 4.69) is 10.2 Å². The van der Waals surface area contributed by atoms with Crippen LogP contribution in [0, 0.1) is 11.8 Å². The summed E-state index contributed by atoms with van der Waals surface area (Å²) in [6.45, 7) is 6.42. The first-order chi connectivity index (χ1) is 7.38. The normalized spacial score (nSPS) is 33.4. The lowest BCUT2D eigenvalue weighted by Gasteiger charge is -2.32. The highest BCUT2D eigenvalue weighted by molar-refractivity contribution is 4.76. The van der Waals surface area contributed by atoms with Gasteiger partial charge in [-0.25, -0.2) is 0 Å². The van der Waals surface area contributed by atoms with Crippen molar-refractivity contribution in [3.05, 3.63) is 0 Å². The van der Waals surface area contributed by atoms with Gasteiger partial charge in [-0.15, -0.1) is 0 Å². The van der Waals surface area contributed by atoms with Crippen LogP contribution in [0.25, 0.3) is 0 Å². The third-order valence-electron chi connectivity index (χ3n) is 3.88. The maximum atomic E-state index is 9.15. The SMILES string of the molecule is OCC1CCCN(CCC2CCNC2)C1. The van der Waals surface area contributed by atoms with Crippen LogP contribution < -0.4 is 5.32 Å². The molecule has 2 fully saturated rings. The number of rotatable bonds is 4. The molecule has 0 spiro atoms. The van der Waals surface area contributed by atoms with Crippen LogP contribution in [0.1, 0.15) is 25.7 Å². The van der Waals surface area contributed by atoms with Crippen LogP contribution in [0.5, 0.6) is 0 Å². The average molecular weight is 212 g/mol. The van der Waals surface area contributed by atoms with Gasteiger partial charge >= 0.3 is 0 Å². The number of hydrogen-bond acceptors (Lipinski definition) is 3. The van der Waals surface area contributed by atoms with E-state index in [-0.39, 0.29) is 0 Å². The number of likely N-dealkylation sites (tertiary alicyclic amines) is 1. The minimum absolute atomic E-state index is 0.376. The average Bonchev–Trinajstić information content (AvgIpc) is 2.79. The number of aliphatic hydroxyl groups excluding tert-OH is 1. The summed E-state index contributed by atoms with van der Waals surface area (Å²) < 4.78 is 0. The van der Waals surface area contributed by atoms with Crippen LogP contribution >= 0.6 is 0 Å². The Balaban J connectivity index is 1.65. The van der Waals surface area contributed by atoms with Crippen LogP contribution in [-0.2, 0) is 0 Å². The maximum Gasteiger partial charge on any atom is 0.0471 e. The molecule has 2 rings (SSSR count). The van der Waals surface area contributed by atoms with E-state index in [9.17, 15) is 0 Å². The molecule has 88 valence electrons. The molecule has 2 aliphatic heterocycles. The van der Waals surface area contributed by atoms with Crippen molar-refractivity contribution < 1.29 is 5.11 Å². The monoisotopic (exact) mass is 212 g/mol. The van der Waals surface area contributed by atoms with Gasteiger partial charge in [0.2, 0.25) is 0 Å². The van der Waals surface area contributed by atoms with Crippen LogP contribution in [0.3, 0.4) is 0 Å². The van der Waals surface area contributed by atoms with Crippen molar-refractivity contribution in [3.8, 4) is 0 Å². The van der Waals surface area contributed by atoms with E-state index in [1.165, 1.54) is 51.9 Å². The molecule has 0 aromatic heterocycles. The second-order valence-corrected chi connectivity index (χ2v) is 5.14. The molecule has 2 saturated heterocycles. The maximum absolute atomic E-state index is 9.15. The molecular formula is C12H24N2O. The van der Waals surface area contributed by atoms with Crippen molar-refractivity contribution in [1.82, 2.24) is 10.2 Å². The van der Waals surface area contributed by atoms with Crippen molar-refractivity contribution in [2.75, 3.05) is 39.3 Å². The molecule has 0 aliphatic carbocycles. The number of hydrogen-bond donors (Lipinski definition) is 2. The van der Waals surface area contributed by atoms with Crippen LogP contribution in [-0.4, -0.2) is 49.3 Å². The molecule has 2 N–H and O–H groups in total. The lowest BCUT2D eigenvalue weighted by Crippen LogP contribution is -2.38. The third kappa shape index (κ3) is 3.44. The van der Waals surface area contributed by atoms with Gasteiger partial charge in [0.15, 0.2) is 0 Å². The molecule has 0 aromatic carbocycles. The van der Waals surface area contributed by atoms with Gasteiger partial charge in [-0.2, -0.15) is 0 Å². The lowest BCUT2D eigenvalue weighted by atomic mass is 9.97. The van der Waals surface area contributed by atoms with Gasteiger partial charge in [-0.3, -0.25) is 0 Å². The second kappa shape index (κ2) is 5.83. The van der Waals surface area contributed by atoms with Gasteiger partial charge in [0.25, 0.3) is 0 Å². The highest BCUT2D eigenvalue weighted by Gasteiger charge is 2.21. The van der Waals surface area contributed by atoms with E-state index < -0.39 is 0 Å². The van der Waals surface area contributed by atoms with Gasteiger partial charge in [0.1, 0.15) is 0 Å².